The van der Waals surface area contributed by atoms with Gasteiger partial charge in [-0.05, 0) is 61.7 Å². The highest BCUT2D eigenvalue weighted by Gasteiger charge is 2.25. The third kappa shape index (κ3) is 4.37. The molecule has 4 rings (SSSR count). The Morgan fingerprint density at radius 2 is 2.17 bits per heavy atom. The molecule has 1 unspecified atom stereocenters. The number of alkyl carbamates (subject to hydrolysis) is 1. The van der Waals surface area contributed by atoms with Crippen molar-refractivity contribution in [3.8, 4) is 17.0 Å². The number of nitrogens with one attached hydrogen (secondary N) is 1. The van der Waals surface area contributed by atoms with E-state index in [1.807, 2.05) is 51.2 Å². The Morgan fingerprint density at radius 1 is 1.34 bits per heavy atom. The van der Waals surface area contributed by atoms with Crippen molar-refractivity contribution in [3.63, 3.8) is 0 Å². The van der Waals surface area contributed by atoms with E-state index in [9.17, 15) is 4.79 Å². The van der Waals surface area contributed by atoms with Crippen LogP contribution in [0.15, 0.2) is 41.3 Å². The van der Waals surface area contributed by atoms with Gasteiger partial charge in [-0.25, -0.2) is 14.3 Å². The number of carbonyl (C=O) groups is 1. The molecule has 7 nitrogen and oxygen atoms in total. The summed E-state index contributed by atoms with van der Waals surface area (Å²) in [4.78, 5) is 16.8. The fraction of sp³-hybridized carbons (Fsp3) is 0.381. The molecule has 0 saturated heterocycles. The van der Waals surface area contributed by atoms with E-state index < -0.39 is 11.7 Å². The van der Waals surface area contributed by atoms with Crippen molar-refractivity contribution >= 4 is 27.5 Å². The lowest BCUT2D eigenvalue weighted by Gasteiger charge is -2.23. The number of aromatic nitrogens is 3. The second kappa shape index (κ2) is 7.67. The maximum atomic E-state index is 12.3. The quantitative estimate of drug-likeness (QED) is 0.590. The Hall–Kier alpha value is -2.61. The van der Waals surface area contributed by atoms with Gasteiger partial charge in [-0.3, -0.25) is 0 Å². The molecule has 0 spiro atoms. The number of nitrogens with zero attached hydrogens (tertiary/aromatic N) is 3. The zero-order chi connectivity index (χ0) is 20.6. The number of ether oxygens (including phenoxy) is 2. The van der Waals surface area contributed by atoms with Crippen LogP contribution in [0.1, 0.15) is 45.2 Å². The van der Waals surface area contributed by atoms with Gasteiger partial charge in [0.1, 0.15) is 17.7 Å². The monoisotopic (exact) mass is 458 g/mol. The highest BCUT2D eigenvalue weighted by molar-refractivity contribution is 9.10. The van der Waals surface area contributed by atoms with E-state index >= 15 is 0 Å². The summed E-state index contributed by atoms with van der Waals surface area (Å²) in [5, 5.41) is 7.23. The van der Waals surface area contributed by atoms with Gasteiger partial charge in [0.25, 0.3) is 0 Å². The van der Waals surface area contributed by atoms with Crippen molar-refractivity contribution in [1.29, 1.82) is 0 Å². The predicted octanol–water partition coefficient (Wildman–Crippen LogP) is 4.90. The molecule has 0 radical (unpaired) electrons. The summed E-state index contributed by atoms with van der Waals surface area (Å²) in [6, 6.07) is 7.79. The maximum Gasteiger partial charge on any atom is 0.408 e. The van der Waals surface area contributed by atoms with Crippen LogP contribution in [-0.2, 0) is 4.74 Å². The number of carbonyl (C=O) groups excluding carboxylic acids is 1. The number of amides is 1. The average molecular weight is 459 g/mol. The van der Waals surface area contributed by atoms with Crippen molar-refractivity contribution in [2.24, 2.45) is 0 Å². The first-order valence-corrected chi connectivity index (χ1v) is 10.3. The number of fused-ring (bicyclic) bond motifs is 2. The normalized spacial score (nSPS) is 16.6. The standard InChI is InChI=1S/C21H23BrN4O3/c1-21(2,3)29-20(27)25-16-5-4-8-28-18-9-13(6-7-15(16)18)19-17-10-14(22)11-26(17)24-12-23-19/h6-7,9-12,16H,4-5,8H2,1-3H3,(H,25,27). The molecule has 2 aromatic heterocycles. The Balaban J connectivity index is 1.67. The van der Waals surface area contributed by atoms with Crippen LogP contribution in [0.25, 0.3) is 16.8 Å². The highest BCUT2D eigenvalue weighted by Crippen LogP contribution is 2.36. The first-order valence-electron chi connectivity index (χ1n) is 9.56. The van der Waals surface area contributed by atoms with Crippen LogP contribution in [0, 0.1) is 0 Å². The van der Waals surface area contributed by atoms with Crippen molar-refractivity contribution in [2.45, 2.75) is 45.3 Å². The van der Waals surface area contributed by atoms with Gasteiger partial charge >= 0.3 is 6.09 Å². The van der Waals surface area contributed by atoms with E-state index in [2.05, 4.69) is 31.3 Å². The van der Waals surface area contributed by atoms with Crippen molar-refractivity contribution in [1.82, 2.24) is 19.9 Å². The topological polar surface area (TPSA) is 77.8 Å². The lowest BCUT2D eigenvalue weighted by atomic mass is 9.99. The summed E-state index contributed by atoms with van der Waals surface area (Å²) in [7, 11) is 0. The minimum Gasteiger partial charge on any atom is -0.493 e. The molecular formula is C21H23BrN4O3. The molecule has 3 aromatic rings. The molecule has 1 N–H and O–H groups in total. The second-order valence-electron chi connectivity index (χ2n) is 8.04. The van der Waals surface area contributed by atoms with E-state index in [-0.39, 0.29) is 6.04 Å². The summed E-state index contributed by atoms with van der Waals surface area (Å²) < 4.78 is 14.1. The first kappa shape index (κ1) is 19.7. The largest absolute Gasteiger partial charge is 0.493 e. The molecule has 1 amide bonds. The van der Waals surface area contributed by atoms with E-state index in [0.717, 1.165) is 45.4 Å². The Labute approximate surface area is 177 Å². The van der Waals surface area contributed by atoms with Crippen LogP contribution in [0.4, 0.5) is 4.79 Å². The molecule has 1 aliphatic heterocycles. The first-order chi connectivity index (χ1) is 13.8. The van der Waals surface area contributed by atoms with Crippen LogP contribution in [0.5, 0.6) is 5.75 Å². The van der Waals surface area contributed by atoms with Gasteiger partial charge in [-0.1, -0.05) is 12.1 Å². The number of hydrogen-bond acceptors (Lipinski definition) is 5. The Morgan fingerprint density at radius 3 is 2.97 bits per heavy atom. The van der Waals surface area contributed by atoms with E-state index in [4.69, 9.17) is 9.47 Å². The average Bonchev–Trinajstić information content (AvgIpc) is 2.91. The minimum absolute atomic E-state index is 0.163. The minimum atomic E-state index is -0.540. The molecule has 29 heavy (non-hydrogen) atoms. The molecule has 0 bridgehead atoms. The van der Waals surface area contributed by atoms with Crippen LogP contribution >= 0.6 is 15.9 Å². The van der Waals surface area contributed by atoms with Crippen molar-refractivity contribution < 1.29 is 14.3 Å². The molecule has 0 saturated carbocycles. The van der Waals surface area contributed by atoms with E-state index in [0.29, 0.717) is 6.61 Å². The molecule has 152 valence electrons. The molecule has 1 aliphatic rings. The fourth-order valence-electron chi connectivity index (χ4n) is 3.44. The van der Waals surface area contributed by atoms with Crippen LogP contribution in [-0.4, -0.2) is 32.9 Å². The molecule has 0 aliphatic carbocycles. The summed E-state index contributed by atoms with van der Waals surface area (Å²) in [5.74, 6) is 0.753. The third-order valence-electron chi connectivity index (χ3n) is 4.62. The van der Waals surface area contributed by atoms with Gasteiger partial charge < -0.3 is 14.8 Å². The van der Waals surface area contributed by atoms with Crippen molar-refractivity contribution in [3.05, 3.63) is 46.8 Å². The Kier molecular flexibility index (Phi) is 5.21. The molecule has 3 heterocycles. The van der Waals surface area contributed by atoms with Crippen LogP contribution in [0.2, 0.25) is 0 Å². The maximum absolute atomic E-state index is 12.3. The summed E-state index contributed by atoms with van der Waals surface area (Å²) >= 11 is 3.49. The van der Waals surface area contributed by atoms with Gasteiger partial charge in [-0.2, -0.15) is 5.10 Å². The fourth-order valence-corrected chi connectivity index (χ4v) is 3.85. The summed E-state index contributed by atoms with van der Waals surface area (Å²) in [6.45, 7) is 6.15. The zero-order valence-corrected chi connectivity index (χ0v) is 18.2. The Bertz CT molecular complexity index is 1060. The van der Waals surface area contributed by atoms with Gasteiger partial charge in [0.15, 0.2) is 0 Å². The number of benzene rings is 1. The van der Waals surface area contributed by atoms with E-state index in [1.165, 1.54) is 6.33 Å². The lowest BCUT2D eigenvalue weighted by Crippen LogP contribution is -2.34. The van der Waals surface area contributed by atoms with Gasteiger partial charge in [0, 0.05) is 21.8 Å². The molecule has 1 aromatic carbocycles. The molecular weight excluding hydrogens is 436 g/mol. The molecule has 1 atom stereocenters. The third-order valence-corrected chi connectivity index (χ3v) is 5.05. The zero-order valence-electron chi connectivity index (χ0n) is 16.6. The number of rotatable bonds is 2. The van der Waals surface area contributed by atoms with Gasteiger partial charge in [0.2, 0.25) is 0 Å². The number of hydrogen-bond donors (Lipinski definition) is 1. The highest BCUT2D eigenvalue weighted by atomic mass is 79.9. The van der Waals surface area contributed by atoms with E-state index in [1.54, 1.807) is 4.52 Å². The van der Waals surface area contributed by atoms with Gasteiger partial charge in [0.05, 0.1) is 23.9 Å². The second-order valence-corrected chi connectivity index (χ2v) is 8.95. The van der Waals surface area contributed by atoms with Gasteiger partial charge in [-0.15, -0.1) is 0 Å². The molecule has 0 fully saturated rings. The SMILES string of the molecule is CC(C)(C)OC(=O)NC1CCCOc2cc(-c3ncnn4cc(Br)cc34)ccc21. The van der Waals surface area contributed by atoms with Crippen molar-refractivity contribution in [2.75, 3.05) is 6.61 Å². The summed E-state index contributed by atoms with van der Waals surface area (Å²) in [6.07, 6.45) is 4.63. The summed E-state index contributed by atoms with van der Waals surface area (Å²) in [5.41, 5.74) is 3.05. The predicted molar refractivity (Wildman–Crippen MR) is 113 cm³/mol. The van der Waals surface area contributed by atoms with Crippen LogP contribution < -0.4 is 10.1 Å². The van der Waals surface area contributed by atoms with Crippen LogP contribution in [0.3, 0.4) is 0 Å². The number of halogens is 1. The smallest absolute Gasteiger partial charge is 0.408 e. The lowest BCUT2D eigenvalue weighted by molar-refractivity contribution is 0.0501. The molecule has 8 heteroatoms.